The first-order valence-electron chi connectivity index (χ1n) is 6.15. The van der Waals surface area contributed by atoms with Gasteiger partial charge in [0.2, 0.25) is 5.91 Å². The van der Waals surface area contributed by atoms with Gasteiger partial charge in [-0.1, -0.05) is 32.0 Å². The van der Waals surface area contributed by atoms with Gasteiger partial charge in [-0.05, 0) is 36.6 Å². The van der Waals surface area contributed by atoms with E-state index in [4.69, 9.17) is 0 Å². The van der Waals surface area contributed by atoms with Gasteiger partial charge in [0.1, 0.15) is 0 Å². The van der Waals surface area contributed by atoms with E-state index in [0.29, 0.717) is 5.75 Å². The molecule has 0 fully saturated rings. The monoisotopic (exact) mass is 251 g/mol. The fourth-order valence-electron chi connectivity index (χ4n) is 1.69. The van der Waals surface area contributed by atoms with Gasteiger partial charge in [0, 0.05) is 5.69 Å². The van der Waals surface area contributed by atoms with Crippen molar-refractivity contribution in [1.82, 2.24) is 0 Å². The summed E-state index contributed by atoms with van der Waals surface area (Å²) < 4.78 is 0. The first kappa shape index (κ1) is 14.1. The summed E-state index contributed by atoms with van der Waals surface area (Å²) in [7, 11) is 0. The topological polar surface area (TPSA) is 29.1 Å². The third-order valence-corrected chi connectivity index (χ3v) is 3.75. The highest BCUT2D eigenvalue weighted by Crippen LogP contribution is 2.21. The molecule has 0 radical (unpaired) electrons. The minimum absolute atomic E-state index is 0.104. The Hall–Kier alpha value is -0.960. The second-order valence-corrected chi connectivity index (χ2v) is 5.17. The molecule has 0 saturated carbocycles. The molecule has 0 heterocycles. The molecule has 0 aliphatic carbocycles. The Morgan fingerprint density at radius 2 is 2.12 bits per heavy atom. The molecule has 2 nitrogen and oxygen atoms in total. The van der Waals surface area contributed by atoms with Crippen LogP contribution < -0.4 is 5.32 Å². The number of para-hydroxylation sites is 1. The van der Waals surface area contributed by atoms with Crippen molar-refractivity contribution in [2.75, 3.05) is 16.8 Å². The van der Waals surface area contributed by atoms with E-state index in [1.54, 1.807) is 11.8 Å². The maximum Gasteiger partial charge on any atom is 0.234 e. The van der Waals surface area contributed by atoms with Crippen molar-refractivity contribution in [1.29, 1.82) is 0 Å². The third-order valence-electron chi connectivity index (χ3n) is 2.59. The zero-order valence-corrected chi connectivity index (χ0v) is 11.7. The van der Waals surface area contributed by atoms with Crippen molar-refractivity contribution in [2.45, 2.75) is 33.6 Å². The molecule has 0 atom stereocenters. The Balaban J connectivity index is 2.64. The lowest BCUT2D eigenvalue weighted by Crippen LogP contribution is -2.16. The summed E-state index contributed by atoms with van der Waals surface area (Å²) in [4.78, 5) is 11.8. The zero-order chi connectivity index (χ0) is 12.7. The molecule has 0 aliphatic rings. The van der Waals surface area contributed by atoms with Crippen LogP contribution in [0.1, 0.15) is 31.4 Å². The molecule has 17 heavy (non-hydrogen) atoms. The second-order valence-electron chi connectivity index (χ2n) is 4.06. The molecule has 0 spiro atoms. The molecule has 0 unspecified atom stereocenters. The van der Waals surface area contributed by atoms with Crippen molar-refractivity contribution in [3.63, 3.8) is 0 Å². The zero-order valence-electron chi connectivity index (χ0n) is 10.9. The van der Waals surface area contributed by atoms with Crippen LogP contribution in [0, 0.1) is 6.92 Å². The number of aryl methyl sites for hydroxylation is 2. The van der Waals surface area contributed by atoms with Crippen molar-refractivity contribution >= 4 is 23.4 Å². The molecule has 1 aromatic rings. The molecule has 1 rings (SSSR count). The highest BCUT2D eigenvalue weighted by molar-refractivity contribution is 7.99. The van der Waals surface area contributed by atoms with E-state index in [-0.39, 0.29) is 5.91 Å². The number of rotatable bonds is 6. The summed E-state index contributed by atoms with van der Waals surface area (Å²) in [5, 5.41) is 3.03. The molecule has 1 N–H and O–H groups in total. The van der Waals surface area contributed by atoms with Gasteiger partial charge in [-0.15, -0.1) is 0 Å². The van der Waals surface area contributed by atoms with E-state index < -0.39 is 0 Å². The van der Waals surface area contributed by atoms with Crippen LogP contribution in [0.4, 0.5) is 5.69 Å². The predicted molar refractivity (Wildman–Crippen MR) is 76.8 cm³/mol. The highest BCUT2D eigenvalue weighted by Gasteiger charge is 2.08. The van der Waals surface area contributed by atoms with Crippen LogP contribution in [-0.2, 0) is 11.2 Å². The number of nitrogens with one attached hydrogen (secondary N) is 1. The molecular formula is C14H21NOS. The van der Waals surface area contributed by atoms with Gasteiger partial charge in [0.05, 0.1) is 5.75 Å². The van der Waals surface area contributed by atoms with Gasteiger partial charge < -0.3 is 5.32 Å². The maximum absolute atomic E-state index is 11.8. The van der Waals surface area contributed by atoms with Gasteiger partial charge in [0.25, 0.3) is 0 Å². The molecule has 3 heteroatoms. The first-order chi connectivity index (χ1) is 8.19. The Kier molecular flexibility index (Phi) is 6.12. The SMILES string of the molecule is CCCSCC(=O)Nc1c(C)cccc1CC. The molecule has 0 bridgehead atoms. The van der Waals surface area contributed by atoms with E-state index in [1.165, 1.54) is 5.56 Å². The maximum atomic E-state index is 11.8. The highest BCUT2D eigenvalue weighted by atomic mass is 32.2. The molecule has 0 aromatic heterocycles. The molecule has 94 valence electrons. The van der Waals surface area contributed by atoms with E-state index in [2.05, 4.69) is 25.2 Å². The molecular weight excluding hydrogens is 230 g/mol. The van der Waals surface area contributed by atoms with Crippen LogP contribution in [0.2, 0.25) is 0 Å². The Morgan fingerprint density at radius 1 is 1.35 bits per heavy atom. The average Bonchev–Trinajstić information content (AvgIpc) is 2.32. The molecule has 1 aromatic carbocycles. The second kappa shape index (κ2) is 7.38. The van der Waals surface area contributed by atoms with Crippen molar-refractivity contribution in [3.05, 3.63) is 29.3 Å². The number of hydrogen-bond donors (Lipinski definition) is 1. The van der Waals surface area contributed by atoms with Gasteiger partial charge in [-0.2, -0.15) is 11.8 Å². The van der Waals surface area contributed by atoms with Crippen LogP contribution in [0.25, 0.3) is 0 Å². The Morgan fingerprint density at radius 3 is 2.76 bits per heavy atom. The number of carbonyl (C=O) groups is 1. The van der Waals surface area contributed by atoms with Crippen molar-refractivity contribution in [2.24, 2.45) is 0 Å². The fourth-order valence-corrected chi connectivity index (χ4v) is 2.38. The van der Waals surface area contributed by atoms with Gasteiger partial charge in [-0.25, -0.2) is 0 Å². The van der Waals surface area contributed by atoms with Gasteiger partial charge in [-0.3, -0.25) is 4.79 Å². The minimum Gasteiger partial charge on any atom is -0.325 e. The van der Waals surface area contributed by atoms with E-state index in [9.17, 15) is 4.79 Å². The summed E-state index contributed by atoms with van der Waals surface area (Å²) >= 11 is 1.69. The molecule has 0 saturated heterocycles. The van der Waals surface area contributed by atoms with Crippen LogP contribution in [0.3, 0.4) is 0 Å². The van der Waals surface area contributed by atoms with Gasteiger partial charge >= 0.3 is 0 Å². The molecule has 1 amide bonds. The Labute approximate surface area is 108 Å². The van der Waals surface area contributed by atoms with Crippen LogP contribution in [-0.4, -0.2) is 17.4 Å². The summed E-state index contributed by atoms with van der Waals surface area (Å²) in [6.07, 6.45) is 2.06. The summed E-state index contributed by atoms with van der Waals surface area (Å²) in [6.45, 7) is 6.27. The lowest BCUT2D eigenvalue weighted by atomic mass is 10.1. The number of benzene rings is 1. The standard InChI is InChI=1S/C14H21NOS/c1-4-9-17-10-13(16)15-14-11(3)7-6-8-12(14)5-2/h6-8H,4-5,9-10H2,1-3H3,(H,15,16). The normalized spacial score (nSPS) is 10.3. The minimum atomic E-state index is 0.104. The predicted octanol–water partition coefficient (Wildman–Crippen LogP) is 3.64. The summed E-state index contributed by atoms with van der Waals surface area (Å²) in [5.74, 6) is 1.69. The van der Waals surface area contributed by atoms with Crippen LogP contribution in [0.5, 0.6) is 0 Å². The van der Waals surface area contributed by atoms with Crippen LogP contribution in [0.15, 0.2) is 18.2 Å². The summed E-state index contributed by atoms with van der Waals surface area (Å²) in [6, 6.07) is 6.14. The lowest BCUT2D eigenvalue weighted by Gasteiger charge is -2.12. The largest absolute Gasteiger partial charge is 0.325 e. The van der Waals surface area contributed by atoms with E-state index in [1.807, 2.05) is 19.1 Å². The quantitative estimate of drug-likeness (QED) is 0.782. The average molecular weight is 251 g/mol. The Bertz CT molecular complexity index is 376. The third kappa shape index (κ3) is 4.43. The van der Waals surface area contributed by atoms with Gasteiger partial charge in [0.15, 0.2) is 0 Å². The number of amides is 1. The van der Waals surface area contributed by atoms with Crippen molar-refractivity contribution < 1.29 is 4.79 Å². The fraction of sp³-hybridized carbons (Fsp3) is 0.500. The molecule has 0 aliphatic heterocycles. The lowest BCUT2D eigenvalue weighted by molar-refractivity contribution is -0.113. The smallest absolute Gasteiger partial charge is 0.234 e. The first-order valence-corrected chi connectivity index (χ1v) is 7.30. The van der Waals surface area contributed by atoms with Crippen LogP contribution >= 0.6 is 11.8 Å². The number of hydrogen-bond acceptors (Lipinski definition) is 2. The summed E-state index contributed by atoms with van der Waals surface area (Å²) in [5.41, 5.74) is 3.34. The number of anilines is 1. The number of thioether (sulfide) groups is 1. The van der Waals surface area contributed by atoms with E-state index >= 15 is 0 Å². The number of carbonyl (C=O) groups excluding carboxylic acids is 1. The van der Waals surface area contributed by atoms with E-state index in [0.717, 1.165) is 29.8 Å². The van der Waals surface area contributed by atoms with Crippen molar-refractivity contribution in [3.8, 4) is 0 Å².